The van der Waals surface area contributed by atoms with Gasteiger partial charge in [0, 0.05) is 15.1 Å². The molecule has 0 aliphatic carbocycles. The first-order valence-corrected chi connectivity index (χ1v) is 7.35. The molecule has 0 unspecified atom stereocenters. The lowest BCUT2D eigenvalue weighted by Crippen LogP contribution is -2.05. The molecule has 20 heavy (non-hydrogen) atoms. The third-order valence-electron chi connectivity index (χ3n) is 2.60. The maximum Gasteiger partial charge on any atom is 0.376 e. The summed E-state index contributed by atoms with van der Waals surface area (Å²) in [6.07, 6.45) is 0.583. The number of hydrogen-bond acceptors (Lipinski definition) is 4. The first-order valence-electron chi connectivity index (χ1n) is 6.18. The minimum atomic E-state index is -0.496. The second kappa shape index (κ2) is 6.41. The van der Waals surface area contributed by atoms with Crippen molar-refractivity contribution in [1.82, 2.24) is 4.98 Å². The van der Waals surface area contributed by atoms with E-state index in [1.54, 1.807) is 19.1 Å². The maximum atomic E-state index is 11.8. The molecule has 0 bridgehead atoms. The van der Waals surface area contributed by atoms with Gasteiger partial charge in [0.2, 0.25) is 11.7 Å². The molecule has 4 nitrogen and oxygen atoms in total. The number of aromatic nitrogens is 1. The highest BCUT2D eigenvalue weighted by Gasteiger charge is 2.21. The summed E-state index contributed by atoms with van der Waals surface area (Å²) in [6, 6.07) is 5.32. The molecule has 1 heterocycles. The van der Waals surface area contributed by atoms with E-state index in [9.17, 15) is 4.79 Å². The van der Waals surface area contributed by atoms with Gasteiger partial charge in [-0.15, -0.1) is 0 Å². The van der Waals surface area contributed by atoms with Crippen LogP contribution in [0.4, 0.5) is 0 Å². The number of benzene rings is 1. The molecule has 0 amide bonds. The lowest BCUT2D eigenvalue weighted by Gasteiger charge is -1.99. The van der Waals surface area contributed by atoms with Crippen LogP contribution in [0.3, 0.4) is 0 Å². The number of oxazole rings is 1. The number of halogens is 2. The molecule has 0 atom stereocenters. The fourth-order valence-corrected chi connectivity index (χ4v) is 2.61. The molecule has 1 aromatic heterocycles. The summed E-state index contributed by atoms with van der Waals surface area (Å²) in [7, 11) is 0. The van der Waals surface area contributed by atoms with Crippen LogP contribution in [-0.2, 0) is 11.2 Å². The number of nitrogens with zero attached hydrogens (tertiary/aromatic N) is 1. The molecule has 0 radical (unpaired) electrons. The number of rotatable bonds is 4. The van der Waals surface area contributed by atoms with E-state index >= 15 is 0 Å². The highest BCUT2D eigenvalue weighted by molar-refractivity contribution is 9.10. The van der Waals surface area contributed by atoms with Gasteiger partial charge >= 0.3 is 5.97 Å². The SMILES string of the molecule is CCOC(=O)c1oc(-c2cc(Cl)cc(Br)c2)nc1CC. The van der Waals surface area contributed by atoms with Crippen molar-refractivity contribution in [3.05, 3.63) is 39.1 Å². The summed E-state index contributed by atoms with van der Waals surface area (Å²) >= 11 is 9.36. The van der Waals surface area contributed by atoms with Crippen molar-refractivity contribution >= 4 is 33.5 Å². The van der Waals surface area contributed by atoms with Crippen LogP contribution in [0.2, 0.25) is 5.02 Å². The van der Waals surface area contributed by atoms with Gasteiger partial charge in [-0.3, -0.25) is 0 Å². The van der Waals surface area contributed by atoms with E-state index in [1.165, 1.54) is 0 Å². The van der Waals surface area contributed by atoms with E-state index in [4.69, 9.17) is 20.8 Å². The number of carbonyl (C=O) groups excluding carboxylic acids is 1. The average molecular weight is 359 g/mol. The summed E-state index contributed by atoms with van der Waals surface area (Å²) in [5.74, 6) is 0.0118. The lowest BCUT2D eigenvalue weighted by atomic mass is 10.2. The van der Waals surface area contributed by atoms with Crippen LogP contribution in [0.5, 0.6) is 0 Å². The number of esters is 1. The van der Waals surface area contributed by atoms with E-state index in [0.29, 0.717) is 35.2 Å². The Kier molecular flexibility index (Phi) is 4.83. The summed E-state index contributed by atoms with van der Waals surface area (Å²) in [6.45, 7) is 3.94. The van der Waals surface area contributed by atoms with Gasteiger partial charge in [-0.25, -0.2) is 9.78 Å². The van der Waals surface area contributed by atoms with Crippen LogP contribution in [-0.4, -0.2) is 17.6 Å². The minimum Gasteiger partial charge on any atom is -0.460 e. The van der Waals surface area contributed by atoms with Crippen molar-refractivity contribution in [3.8, 4) is 11.5 Å². The van der Waals surface area contributed by atoms with Crippen molar-refractivity contribution in [3.63, 3.8) is 0 Å². The summed E-state index contributed by atoms with van der Waals surface area (Å²) in [5.41, 5.74) is 1.28. The highest BCUT2D eigenvalue weighted by Crippen LogP contribution is 2.28. The quantitative estimate of drug-likeness (QED) is 0.755. The largest absolute Gasteiger partial charge is 0.460 e. The molecule has 0 aliphatic heterocycles. The van der Waals surface area contributed by atoms with Gasteiger partial charge in [0.15, 0.2) is 0 Å². The average Bonchev–Trinajstić information content (AvgIpc) is 2.82. The van der Waals surface area contributed by atoms with Gasteiger partial charge in [0.25, 0.3) is 0 Å². The molecule has 6 heteroatoms. The fraction of sp³-hybridized carbons (Fsp3) is 0.286. The molecule has 0 N–H and O–H groups in total. The van der Waals surface area contributed by atoms with Gasteiger partial charge < -0.3 is 9.15 Å². The van der Waals surface area contributed by atoms with Crippen molar-refractivity contribution < 1.29 is 13.9 Å². The normalized spacial score (nSPS) is 10.6. The maximum absolute atomic E-state index is 11.8. The van der Waals surface area contributed by atoms with Crippen molar-refractivity contribution in [2.24, 2.45) is 0 Å². The lowest BCUT2D eigenvalue weighted by molar-refractivity contribution is 0.0489. The molecule has 0 spiro atoms. The first kappa shape index (κ1) is 15.1. The van der Waals surface area contributed by atoms with Crippen molar-refractivity contribution in [2.45, 2.75) is 20.3 Å². The Labute approximate surface area is 130 Å². The standard InChI is InChI=1S/C14H13BrClNO3/c1-3-11-12(14(18)19-4-2)20-13(17-11)8-5-9(15)7-10(16)6-8/h5-7H,3-4H2,1-2H3. The van der Waals surface area contributed by atoms with E-state index in [-0.39, 0.29) is 5.76 Å². The third kappa shape index (κ3) is 3.22. The third-order valence-corrected chi connectivity index (χ3v) is 3.28. The number of hydrogen-bond donors (Lipinski definition) is 0. The highest BCUT2D eigenvalue weighted by atomic mass is 79.9. The van der Waals surface area contributed by atoms with E-state index < -0.39 is 5.97 Å². The Morgan fingerprint density at radius 3 is 2.75 bits per heavy atom. The Bertz CT molecular complexity index is 619. The van der Waals surface area contributed by atoms with E-state index in [1.807, 2.05) is 13.0 Å². The van der Waals surface area contributed by atoms with Crippen LogP contribution >= 0.6 is 27.5 Å². The van der Waals surface area contributed by atoms with Crippen LogP contribution in [0.15, 0.2) is 27.1 Å². The van der Waals surface area contributed by atoms with Crippen LogP contribution < -0.4 is 0 Å². The molecule has 2 aromatic rings. The van der Waals surface area contributed by atoms with Gasteiger partial charge in [-0.2, -0.15) is 0 Å². The second-order valence-electron chi connectivity index (χ2n) is 4.03. The fourth-order valence-electron chi connectivity index (χ4n) is 1.75. The van der Waals surface area contributed by atoms with Gasteiger partial charge in [-0.1, -0.05) is 34.5 Å². The van der Waals surface area contributed by atoms with Crippen LogP contribution in [0, 0.1) is 0 Å². The second-order valence-corrected chi connectivity index (χ2v) is 5.38. The van der Waals surface area contributed by atoms with Crippen LogP contribution in [0.1, 0.15) is 30.1 Å². The zero-order valence-electron chi connectivity index (χ0n) is 11.1. The first-order chi connectivity index (χ1) is 9.55. The van der Waals surface area contributed by atoms with Gasteiger partial charge in [-0.05, 0) is 31.5 Å². The Hall–Kier alpha value is -1.33. The number of ether oxygens (including phenoxy) is 1. The number of carbonyl (C=O) groups is 1. The molecular weight excluding hydrogens is 346 g/mol. The predicted molar refractivity (Wildman–Crippen MR) is 80.0 cm³/mol. The molecule has 0 aliphatic rings. The summed E-state index contributed by atoms with van der Waals surface area (Å²) in [5, 5.41) is 0.559. The van der Waals surface area contributed by atoms with Crippen LogP contribution in [0.25, 0.3) is 11.5 Å². The van der Waals surface area contributed by atoms with Crippen molar-refractivity contribution in [1.29, 1.82) is 0 Å². The molecule has 0 saturated carbocycles. The topological polar surface area (TPSA) is 52.3 Å². The van der Waals surface area contributed by atoms with Crippen molar-refractivity contribution in [2.75, 3.05) is 6.61 Å². The molecule has 2 rings (SSSR count). The Morgan fingerprint density at radius 1 is 1.40 bits per heavy atom. The number of aryl methyl sites for hydroxylation is 1. The molecular formula is C14H13BrClNO3. The van der Waals surface area contributed by atoms with Gasteiger partial charge in [0.05, 0.1) is 12.3 Å². The van der Waals surface area contributed by atoms with E-state index in [0.717, 1.165) is 4.47 Å². The Balaban J connectivity index is 2.45. The predicted octanol–water partition coefficient (Wildman–Crippen LogP) is 4.50. The minimum absolute atomic E-state index is 0.153. The molecule has 1 aromatic carbocycles. The zero-order valence-corrected chi connectivity index (χ0v) is 13.4. The van der Waals surface area contributed by atoms with E-state index in [2.05, 4.69) is 20.9 Å². The Morgan fingerprint density at radius 2 is 2.15 bits per heavy atom. The summed E-state index contributed by atoms with van der Waals surface area (Å²) in [4.78, 5) is 16.1. The summed E-state index contributed by atoms with van der Waals surface area (Å²) < 4.78 is 11.3. The van der Waals surface area contributed by atoms with Gasteiger partial charge in [0.1, 0.15) is 0 Å². The smallest absolute Gasteiger partial charge is 0.376 e. The monoisotopic (exact) mass is 357 g/mol. The molecule has 0 saturated heterocycles. The zero-order chi connectivity index (χ0) is 14.7. The molecule has 0 fully saturated rings. The molecule has 106 valence electrons.